The normalized spacial score (nSPS) is 19.8. The molecular formula is C25H30FN3O. The van der Waals surface area contributed by atoms with Crippen LogP contribution in [0.2, 0.25) is 0 Å². The Morgan fingerprint density at radius 2 is 2.00 bits per heavy atom. The molecule has 0 aliphatic carbocycles. The van der Waals surface area contributed by atoms with Gasteiger partial charge in [-0.15, -0.1) is 0 Å². The van der Waals surface area contributed by atoms with Gasteiger partial charge in [0, 0.05) is 36.2 Å². The maximum absolute atomic E-state index is 13.7. The number of likely N-dealkylation sites (tertiary alicyclic amines) is 1. The number of aliphatic hydroxyl groups is 1. The molecule has 1 aliphatic rings. The predicted molar refractivity (Wildman–Crippen MR) is 117 cm³/mol. The summed E-state index contributed by atoms with van der Waals surface area (Å²) in [6, 6.07) is 17.2. The Bertz CT molecular complexity index is 942. The van der Waals surface area contributed by atoms with Crippen molar-refractivity contribution in [1.29, 1.82) is 0 Å². The van der Waals surface area contributed by atoms with E-state index in [1.54, 1.807) is 6.07 Å². The molecule has 2 N–H and O–H groups in total. The molecule has 0 saturated carbocycles. The summed E-state index contributed by atoms with van der Waals surface area (Å²) in [7, 11) is 0. The average Bonchev–Trinajstić information content (AvgIpc) is 3.23. The molecule has 4 rings (SSSR count). The molecule has 5 heteroatoms. The Morgan fingerprint density at radius 3 is 2.80 bits per heavy atom. The fourth-order valence-electron chi connectivity index (χ4n) is 4.74. The van der Waals surface area contributed by atoms with Gasteiger partial charge < -0.3 is 5.11 Å². The summed E-state index contributed by atoms with van der Waals surface area (Å²) in [5.74, 6) is -0.247. The zero-order chi connectivity index (χ0) is 20.8. The van der Waals surface area contributed by atoms with E-state index in [2.05, 4.69) is 39.4 Å². The molecule has 0 unspecified atom stereocenters. The highest BCUT2D eigenvalue weighted by Crippen LogP contribution is 2.36. The molecule has 0 spiro atoms. The lowest BCUT2D eigenvalue weighted by molar-refractivity contribution is 0.0208. The smallest absolute Gasteiger partial charge is 0.123 e. The van der Waals surface area contributed by atoms with Gasteiger partial charge in [-0.3, -0.25) is 10.00 Å². The van der Waals surface area contributed by atoms with Crippen molar-refractivity contribution in [2.24, 2.45) is 5.41 Å². The van der Waals surface area contributed by atoms with Crippen LogP contribution < -0.4 is 0 Å². The van der Waals surface area contributed by atoms with Gasteiger partial charge in [-0.05, 0) is 56.3 Å². The molecule has 1 aromatic heterocycles. The summed E-state index contributed by atoms with van der Waals surface area (Å²) >= 11 is 0. The first-order chi connectivity index (χ1) is 14.7. The second-order valence-electron chi connectivity index (χ2n) is 8.59. The van der Waals surface area contributed by atoms with E-state index < -0.39 is 0 Å². The standard InChI is InChI=1S/C25H30FN3O/c26-23-11-4-10-21(15-23)24-22(16-27-28-24)17-29-14-6-13-25(18-29,19-30)12-5-9-20-7-2-1-3-8-20/h1-4,7-8,10-11,15-16,30H,5-6,9,12-14,17-19H2,(H,27,28)/t25-/m0/s1. The minimum absolute atomic E-state index is 0.0458. The number of benzene rings is 2. The van der Waals surface area contributed by atoms with Crippen LogP contribution in [0.1, 0.15) is 36.8 Å². The van der Waals surface area contributed by atoms with E-state index in [0.717, 1.165) is 68.6 Å². The molecule has 4 nitrogen and oxygen atoms in total. The topological polar surface area (TPSA) is 52.1 Å². The summed E-state index contributed by atoms with van der Waals surface area (Å²) in [4.78, 5) is 2.41. The van der Waals surface area contributed by atoms with E-state index in [1.807, 2.05) is 18.3 Å². The number of hydrogen-bond donors (Lipinski definition) is 2. The number of nitrogens with one attached hydrogen (secondary N) is 1. The van der Waals surface area contributed by atoms with Crippen molar-refractivity contribution < 1.29 is 9.50 Å². The maximum Gasteiger partial charge on any atom is 0.123 e. The van der Waals surface area contributed by atoms with Crippen LogP contribution in [0, 0.1) is 11.2 Å². The van der Waals surface area contributed by atoms with E-state index >= 15 is 0 Å². The maximum atomic E-state index is 13.7. The van der Waals surface area contributed by atoms with Gasteiger partial charge in [-0.2, -0.15) is 5.10 Å². The quantitative estimate of drug-likeness (QED) is 0.563. The highest BCUT2D eigenvalue weighted by Gasteiger charge is 2.34. The van der Waals surface area contributed by atoms with Crippen molar-refractivity contribution >= 4 is 0 Å². The first-order valence-electron chi connectivity index (χ1n) is 10.8. The second-order valence-corrected chi connectivity index (χ2v) is 8.59. The van der Waals surface area contributed by atoms with Crippen molar-refractivity contribution in [3.63, 3.8) is 0 Å². The molecule has 2 aromatic carbocycles. The van der Waals surface area contributed by atoms with Crippen LogP contribution in [0.3, 0.4) is 0 Å². The van der Waals surface area contributed by atoms with Crippen LogP contribution >= 0.6 is 0 Å². The van der Waals surface area contributed by atoms with Crippen LogP contribution in [0.25, 0.3) is 11.3 Å². The third-order valence-electron chi connectivity index (χ3n) is 6.32. The third kappa shape index (κ3) is 4.97. The van der Waals surface area contributed by atoms with Crippen molar-refractivity contribution in [1.82, 2.24) is 15.1 Å². The number of H-pyrrole nitrogens is 1. The number of halogens is 1. The Balaban J connectivity index is 1.40. The van der Waals surface area contributed by atoms with Gasteiger partial charge >= 0.3 is 0 Å². The zero-order valence-corrected chi connectivity index (χ0v) is 17.4. The summed E-state index contributed by atoms with van der Waals surface area (Å²) < 4.78 is 13.7. The lowest BCUT2D eigenvalue weighted by atomic mass is 9.76. The second kappa shape index (κ2) is 9.54. The summed E-state index contributed by atoms with van der Waals surface area (Å²) in [6.45, 7) is 2.86. The van der Waals surface area contributed by atoms with Gasteiger partial charge in [0.2, 0.25) is 0 Å². The monoisotopic (exact) mass is 407 g/mol. The van der Waals surface area contributed by atoms with Crippen molar-refractivity contribution in [3.8, 4) is 11.3 Å². The Hall–Kier alpha value is -2.50. The number of aliphatic hydroxyl groups excluding tert-OH is 1. The van der Waals surface area contributed by atoms with E-state index in [-0.39, 0.29) is 17.8 Å². The number of aromatic amines is 1. The molecule has 1 saturated heterocycles. The van der Waals surface area contributed by atoms with E-state index in [4.69, 9.17) is 0 Å². The highest BCUT2D eigenvalue weighted by atomic mass is 19.1. The van der Waals surface area contributed by atoms with E-state index in [1.165, 1.54) is 17.7 Å². The zero-order valence-electron chi connectivity index (χ0n) is 17.4. The molecule has 1 atom stereocenters. The van der Waals surface area contributed by atoms with Crippen molar-refractivity contribution in [2.75, 3.05) is 19.7 Å². The molecule has 2 heterocycles. The lowest BCUT2D eigenvalue weighted by Gasteiger charge is -2.42. The largest absolute Gasteiger partial charge is 0.396 e. The number of rotatable bonds is 8. The fraction of sp³-hybridized carbons (Fsp3) is 0.400. The molecule has 0 radical (unpaired) electrons. The number of piperidine rings is 1. The van der Waals surface area contributed by atoms with Gasteiger partial charge in [-0.25, -0.2) is 4.39 Å². The number of nitrogens with zero attached hydrogens (tertiary/aromatic N) is 2. The van der Waals surface area contributed by atoms with Crippen molar-refractivity contribution in [2.45, 2.75) is 38.6 Å². The molecule has 158 valence electrons. The van der Waals surface area contributed by atoms with Crippen LogP contribution in [-0.2, 0) is 13.0 Å². The van der Waals surface area contributed by atoms with E-state index in [9.17, 15) is 9.50 Å². The Labute approximate surface area is 177 Å². The molecule has 30 heavy (non-hydrogen) atoms. The van der Waals surface area contributed by atoms with Gasteiger partial charge in [-0.1, -0.05) is 42.5 Å². The van der Waals surface area contributed by atoms with Gasteiger partial charge in [0.05, 0.1) is 11.9 Å². The molecule has 1 fully saturated rings. The number of hydrogen-bond acceptors (Lipinski definition) is 3. The first kappa shape index (κ1) is 20.8. The van der Waals surface area contributed by atoms with Gasteiger partial charge in [0.15, 0.2) is 0 Å². The van der Waals surface area contributed by atoms with Crippen molar-refractivity contribution in [3.05, 3.63) is 77.7 Å². The van der Waals surface area contributed by atoms with E-state index in [0.29, 0.717) is 0 Å². The minimum atomic E-state index is -0.247. The van der Waals surface area contributed by atoms with Gasteiger partial charge in [0.1, 0.15) is 5.82 Å². The fourth-order valence-corrected chi connectivity index (χ4v) is 4.74. The average molecular weight is 408 g/mol. The summed E-state index contributed by atoms with van der Waals surface area (Å²) in [5, 5.41) is 17.5. The van der Waals surface area contributed by atoms with Crippen LogP contribution in [0.15, 0.2) is 60.8 Å². The molecule has 3 aromatic rings. The summed E-state index contributed by atoms with van der Waals surface area (Å²) in [6.07, 6.45) is 7.14. The molecular weight excluding hydrogens is 377 g/mol. The lowest BCUT2D eigenvalue weighted by Crippen LogP contribution is -2.45. The Kier molecular flexibility index (Phi) is 6.60. The SMILES string of the molecule is OC[C@@]1(CCCc2ccccc2)CCCN(Cc2cn[nH]c2-c2cccc(F)c2)C1. The third-order valence-corrected chi connectivity index (χ3v) is 6.32. The highest BCUT2D eigenvalue weighted by molar-refractivity contribution is 5.62. The number of aryl methyl sites for hydroxylation is 1. The predicted octanol–water partition coefficient (Wildman–Crippen LogP) is 4.81. The molecule has 0 amide bonds. The number of aromatic nitrogens is 2. The van der Waals surface area contributed by atoms with Crippen LogP contribution in [0.4, 0.5) is 4.39 Å². The minimum Gasteiger partial charge on any atom is -0.396 e. The summed E-state index contributed by atoms with van der Waals surface area (Å²) in [5.41, 5.74) is 4.07. The molecule has 0 bridgehead atoms. The van der Waals surface area contributed by atoms with Crippen LogP contribution in [0.5, 0.6) is 0 Å². The van der Waals surface area contributed by atoms with Crippen LogP contribution in [-0.4, -0.2) is 39.9 Å². The Morgan fingerprint density at radius 1 is 1.13 bits per heavy atom. The molecule has 1 aliphatic heterocycles. The first-order valence-corrected chi connectivity index (χ1v) is 10.8. The van der Waals surface area contributed by atoms with Gasteiger partial charge in [0.25, 0.3) is 0 Å².